The summed E-state index contributed by atoms with van der Waals surface area (Å²) in [6.07, 6.45) is -6.51. The lowest BCUT2D eigenvalue weighted by Crippen LogP contribution is -2.58. The third-order valence-electron chi connectivity index (χ3n) is 7.12. The highest BCUT2D eigenvalue weighted by Gasteiger charge is 2.44. The Kier molecular flexibility index (Phi) is 5.95. The number of esters is 1. The van der Waals surface area contributed by atoms with Crippen LogP contribution in [0.3, 0.4) is 0 Å². The second-order valence-electron chi connectivity index (χ2n) is 9.25. The summed E-state index contributed by atoms with van der Waals surface area (Å²) in [5, 5.41) is 32.2. The average molecular weight is 526 g/mol. The number of aliphatic hydroxyl groups excluding tert-OH is 3. The molecule has 11 nitrogen and oxygen atoms in total. The molecule has 0 radical (unpaired) electrons. The number of hydrogen-bond donors (Lipinski definition) is 3. The maximum Gasteiger partial charge on any atom is 0.339 e. The van der Waals surface area contributed by atoms with E-state index < -0.39 is 36.7 Å². The summed E-state index contributed by atoms with van der Waals surface area (Å²) in [5.74, 6) is 1.61. The van der Waals surface area contributed by atoms with Crippen molar-refractivity contribution in [3.63, 3.8) is 0 Å². The number of fused-ring (bicyclic) bond motifs is 3. The van der Waals surface area contributed by atoms with Crippen LogP contribution in [0.15, 0.2) is 30.3 Å². The standard InChI is InChI=1S/C27H26O11/c1-11-22(28)23(29)24(30)27(37-11)38-25-14-8-18(33-3)17(32-2)7-13(14)20(21-15(25)9-34-26(21)31)12-4-5-16-19(6-12)36-10-35-16/h4-8,11,22-24,27-30H,9-10H2,1-3H3/t11-,22+,23+,24-,27?/m0/s1. The zero-order valence-corrected chi connectivity index (χ0v) is 20.8. The summed E-state index contributed by atoms with van der Waals surface area (Å²) in [7, 11) is 3.00. The number of methoxy groups -OCH3 is 2. The van der Waals surface area contributed by atoms with Crippen LogP contribution in [0.1, 0.15) is 22.8 Å². The van der Waals surface area contributed by atoms with Crippen molar-refractivity contribution in [1.29, 1.82) is 0 Å². The molecule has 38 heavy (non-hydrogen) atoms. The van der Waals surface area contributed by atoms with Gasteiger partial charge < -0.3 is 48.5 Å². The second kappa shape index (κ2) is 9.21. The van der Waals surface area contributed by atoms with Crippen LogP contribution in [0.25, 0.3) is 21.9 Å². The van der Waals surface area contributed by atoms with Crippen molar-refractivity contribution >= 4 is 16.7 Å². The predicted octanol–water partition coefficient (Wildman–Crippen LogP) is 2.13. The molecule has 0 aliphatic carbocycles. The molecule has 0 aromatic heterocycles. The Balaban J connectivity index is 1.61. The van der Waals surface area contributed by atoms with Crippen molar-refractivity contribution < 1.29 is 53.3 Å². The molecule has 3 aliphatic rings. The van der Waals surface area contributed by atoms with Crippen molar-refractivity contribution in [1.82, 2.24) is 0 Å². The molecule has 11 heteroatoms. The summed E-state index contributed by atoms with van der Waals surface area (Å²) < 4.78 is 39.4. The van der Waals surface area contributed by atoms with Crippen LogP contribution in [0, 0.1) is 0 Å². The number of rotatable bonds is 5. The largest absolute Gasteiger partial charge is 0.493 e. The maximum atomic E-state index is 13.1. The summed E-state index contributed by atoms with van der Waals surface area (Å²) in [5.41, 5.74) is 1.95. The molecule has 0 saturated carbocycles. The summed E-state index contributed by atoms with van der Waals surface area (Å²) in [6, 6.07) is 8.80. The molecular formula is C27H26O11. The molecule has 3 N–H and O–H groups in total. The van der Waals surface area contributed by atoms with Crippen molar-refractivity contribution in [2.24, 2.45) is 0 Å². The van der Waals surface area contributed by atoms with Gasteiger partial charge in [0.1, 0.15) is 30.7 Å². The fraction of sp³-hybridized carbons (Fsp3) is 0.370. The third kappa shape index (κ3) is 3.70. The molecule has 0 spiro atoms. The summed E-state index contributed by atoms with van der Waals surface area (Å²) in [4.78, 5) is 13.1. The van der Waals surface area contributed by atoms with E-state index in [4.69, 9.17) is 33.2 Å². The Morgan fingerprint density at radius 3 is 2.29 bits per heavy atom. The lowest BCUT2D eigenvalue weighted by molar-refractivity contribution is -0.268. The monoisotopic (exact) mass is 526 g/mol. The van der Waals surface area contributed by atoms with E-state index in [-0.39, 0.29) is 24.7 Å². The van der Waals surface area contributed by atoms with Gasteiger partial charge in [0.25, 0.3) is 0 Å². The van der Waals surface area contributed by atoms with Crippen LogP contribution in [-0.2, 0) is 16.1 Å². The van der Waals surface area contributed by atoms with Crippen molar-refractivity contribution in [2.75, 3.05) is 21.0 Å². The lowest BCUT2D eigenvalue weighted by Gasteiger charge is -2.39. The summed E-state index contributed by atoms with van der Waals surface area (Å²) >= 11 is 0. The van der Waals surface area contributed by atoms with Gasteiger partial charge >= 0.3 is 5.97 Å². The molecule has 0 bridgehead atoms. The Morgan fingerprint density at radius 1 is 0.842 bits per heavy atom. The molecule has 1 unspecified atom stereocenters. The highest BCUT2D eigenvalue weighted by Crippen LogP contribution is 2.49. The van der Waals surface area contributed by atoms with Gasteiger partial charge in [-0.05, 0) is 42.1 Å². The molecule has 1 saturated heterocycles. The Bertz CT molecular complexity index is 1430. The molecule has 5 atom stereocenters. The molecule has 3 heterocycles. The van der Waals surface area contributed by atoms with Gasteiger partial charge in [0, 0.05) is 16.5 Å². The maximum absolute atomic E-state index is 13.1. The van der Waals surface area contributed by atoms with E-state index >= 15 is 0 Å². The SMILES string of the molecule is COc1cc2c(OC3O[C@@H](C)[C@@H](O)[C@@H](O)[C@@H]3O)c3c(c(-c4ccc5c(c4)OCO5)c2cc1OC)C(=O)OC3. The number of carbonyl (C=O) groups is 1. The Hall–Kier alpha value is -3.77. The molecule has 3 aliphatic heterocycles. The number of carbonyl (C=O) groups excluding carboxylic acids is 1. The Labute approximate surface area is 217 Å². The fourth-order valence-corrected chi connectivity index (χ4v) is 5.12. The Morgan fingerprint density at radius 2 is 1.55 bits per heavy atom. The first kappa shape index (κ1) is 24.6. The van der Waals surface area contributed by atoms with E-state index in [2.05, 4.69) is 0 Å². The quantitative estimate of drug-likeness (QED) is 0.421. The predicted molar refractivity (Wildman–Crippen MR) is 131 cm³/mol. The number of aliphatic hydroxyl groups is 3. The van der Waals surface area contributed by atoms with E-state index in [9.17, 15) is 20.1 Å². The van der Waals surface area contributed by atoms with Crippen LogP contribution in [0.2, 0.25) is 0 Å². The first-order chi connectivity index (χ1) is 18.3. The molecular weight excluding hydrogens is 500 g/mol. The minimum atomic E-state index is -1.56. The topological polar surface area (TPSA) is 142 Å². The number of cyclic esters (lactones) is 1. The highest BCUT2D eigenvalue weighted by molar-refractivity contribution is 6.14. The normalized spacial score (nSPS) is 25.7. The van der Waals surface area contributed by atoms with Gasteiger partial charge in [0.15, 0.2) is 23.0 Å². The molecule has 3 aromatic rings. The molecule has 6 rings (SSSR count). The number of ether oxygens (including phenoxy) is 7. The molecule has 0 amide bonds. The number of benzene rings is 3. The van der Waals surface area contributed by atoms with Gasteiger partial charge in [-0.2, -0.15) is 0 Å². The first-order valence-corrected chi connectivity index (χ1v) is 12.0. The van der Waals surface area contributed by atoms with E-state index in [1.54, 1.807) is 31.2 Å². The van der Waals surface area contributed by atoms with Gasteiger partial charge in [-0.25, -0.2) is 4.79 Å². The zero-order valence-electron chi connectivity index (χ0n) is 20.8. The van der Waals surface area contributed by atoms with Gasteiger partial charge in [-0.15, -0.1) is 0 Å². The second-order valence-corrected chi connectivity index (χ2v) is 9.25. The zero-order chi connectivity index (χ0) is 26.7. The molecule has 200 valence electrons. The molecule has 3 aromatic carbocycles. The van der Waals surface area contributed by atoms with E-state index in [1.807, 2.05) is 6.07 Å². The van der Waals surface area contributed by atoms with Crippen molar-refractivity contribution in [2.45, 2.75) is 44.2 Å². The van der Waals surface area contributed by atoms with E-state index in [1.165, 1.54) is 14.2 Å². The smallest absolute Gasteiger partial charge is 0.339 e. The van der Waals surface area contributed by atoms with Crippen LogP contribution in [-0.4, -0.2) is 73.0 Å². The van der Waals surface area contributed by atoms with Gasteiger partial charge in [-0.1, -0.05) is 6.07 Å². The van der Waals surface area contributed by atoms with Gasteiger partial charge in [-0.3, -0.25) is 0 Å². The van der Waals surface area contributed by atoms with Gasteiger partial charge in [0.05, 0.1) is 25.9 Å². The van der Waals surface area contributed by atoms with Crippen LogP contribution in [0.5, 0.6) is 28.7 Å². The average Bonchev–Trinajstić information content (AvgIpc) is 3.55. The highest BCUT2D eigenvalue weighted by atomic mass is 16.7. The van der Waals surface area contributed by atoms with Crippen LogP contribution >= 0.6 is 0 Å². The summed E-state index contributed by atoms with van der Waals surface area (Å²) in [6.45, 7) is 1.57. The first-order valence-electron chi connectivity index (χ1n) is 12.0. The fourth-order valence-electron chi connectivity index (χ4n) is 5.12. The van der Waals surface area contributed by atoms with Crippen LogP contribution < -0.4 is 23.7 Å². The van der Waals surface area contributed by atoms with Crippen molar-refractivity contribution in [3.05, 3.63) is 41.5 Å². The number of hydrogen-bond acceptors (Lipinski definition) is 11. The van der Waals surface area contributed by atoms with E-state index in [0.29, 0.717) is 50.5 Å². The minimum absolute atomic E-state index is 0.0884. The van der Waals surface area contributed by atoms with Crippen LogP contribution in [0.4, 0.5) is 0 Å². The molecule has 1 fully saturated rings. The third-order valence-corrected chi connectivity index (χ3v) is 7.12. The minimum Gasteiger partial charge on any atom is -0.493 e. The van der Waals surface area contributed by atoms with E-state index in [0.717, 1.165) is 0 Å². The van der Waals surface area contributed by atoms with Gasteiger partial charge in [0.2, 0.25) is 13.1 Å². The lowest BCUT2D eigenvalue weighted by atomic mass is 9.89. The van der Waals surface area contributed by atoms with Crippen molar-refractivity contribution in [3.8, 4) is 39.9 Å².